The van der Waals surface area contributed by atoms with Gasteiger partial charge in [0.2, 0.25) is 0 Å². The van der Waals surface area contributed by atoms with Crippen LogP contribution in [-0.2, 0) is 12.6 Å². The van der Waals surface area contributed by atoms with Crippen molar-refractivity contribution in [3.05, 3.63) is 29.3 Å². The number of rotatable bonds is 2. The molecule has 1 aromatic carbocycles. The zero-order valence-electron chi connectivity index (χ0n) is 9.93. The van der Waals surface area contributed by atoms with Gasteiger partial charge >= 0.3 is 6.18 Å². The maximum absolute atomic E-state index is 12.9. The molecule has 0 saturated carbocycles. The van der Waals surface area contributed by atoms with Gasteiger partial charge in [-0.25, -0.2) is 0 Å². The molecule has 5 heteroatoms. The van der Waals surface area contributed by atoms with E-state index < -0.39 is 11.7 Å². The molecule has 100 valence electrons. The number of aromatic hydroxyl groups is 1. The molecule has 0 aromatic heterocycles. The van der Waals surface area contributed by atoms with Crippen molar-refractivity contribution in [1.29, 1.82) is 0 Å². The Morgan fingerprint density at radius 3 is 2.72 bits per heavy atom. The molecule has 0 aliphatic carbocycles. The van der Waals surface area contributed by atoms with E-state index in [4.69, 9.17) is 0 Å². The van der Waals surface area contributed by atoms with Crippen LogP contribution in [0.2, 0.25) is 0 Å². The number of alkyl halides is 3. The first kappa shape index (κ1) is 13.2. The zero-order valence-corrected chi connectivity index (χ0v) is 9.93. The van der Waals surface area contributed by atoms with Crippen molar-refractivity contribution in [2.24, 2.45) is 5.92 Å². The Balaban J connectivity index is 2.25. The molecule has 1 unspecified atom stereocenters. The summed E-state index contributed by atoms with van der Waals surface area (Å²) in [4.78, 5) is 0. The Labute approximate surface area is 104 Å². The number of phenolic OH excluding ortho intramolecular Hbond substituents is 1. The SMILES string of the molecule is Oc1cccc(C(F)(F)F)c1CC1CCCNC1. The van der Waals surface area contributed by atoms with Crippen molar-refractivity contribution < 1.29 is 18.3 Å². The van der Waals surface area contributed by atoms with Gasteiger partial charge in [-0.3, -0.25) is 0 Å². The van der Waals surface area contributed by atoms with Crippen LogP contribution in [0, 0.1) is 5.92 Å². The van der Waals surface area contributed by atoms with Crippen LogP contribution in [0.3, 0.4) is 0 Å². The van der Waals surface area contributed by atoms with Crippen LogP contribution in [0.25, 0.3) is 0 Å². The minimum absolute atomic E-state index is 0.0266. The monoisotopic (exact) mass is 259 g/mol. The second-order valence-corrected chi connectivity index (χ2v) is 4.72. The summed E-state index contributed by atoms with van der Waals surface area (Å²) in [5.74, 6) is -0.0939. The molecule has 1 aliphatic heterocycles. The summed E-state index contributed by atoms with van der Waals surface area (Å²) >= 11 is 0. The average molecular weight is 259 g/mol. The van der Waals surface area contributed by atoms with Gasteiger partial charge in [0.15, 0.2) is 0 Å². The van der Waals surface area contributed by atoms with Gasteiger partial charge in [-0.15, -0.1) is 0 Å². The lowest BCUT2D eigenvalue weighted by Crippen LogP contribution is -2.31. The van der Waals surface area contributed by atoms with E-state index in [2.05, 4.69) is 5.32 Å². The molecule has 2 N–H and O–H groups in total. The van der Waals surface area contributed by atoms with Gasteiger partial charge in [-0.1, -0.05) is 6.07 Å². The molecule has 0 amide bonds. The Bertz CT molecular complexity index is 411. The first-order chi connectivity index (χ1) is 8.48. The molecular formula is C13H16F3NO. The Morgan fingerprint density at radius 2 is 2.11 bits per heavy atom. The van der Waals surface area contributed by atoms with Crippen molar-refractivity contribution in [2.75, 3.05) is 13.1 Å². The fraction of sp³-hybridized carbons (Fsp3) is 0.538. The maximum Gasteiger partial charge on any atom is 0.416 e. The van der Waals surface area contributed by atoms with Crippen molar-refractivity contribution in [3.8, 4) is 5.75 Å². The van der Waals surface area contributed by atoms with Crippen molar-refractivity contribution in [1.82, 2.24) is 5.32 Å². The van der Waals surface area contributed by atoms with Crippen molar-refractivity contribution >= 4 is 0 Å². The summed E-state index contributed by atoms with van der Waals surface area (Å²) < 4.78 is 38.6. The van der Waals surface area contributed by atoms with E-state index >= 15 is 0 Å². The minimum Gasteiger partial charge on any atom is -0.508 e. The normalized spacial score (nSPS) is 20.9. The van der Waals surface area contributed by atoms with Crippen molar-refractivity contribution in [3.63, 3.8) is 0 Å². The van der Waals surface area contributed by atoms with Gasteiger partial charge in [-0.2, -0.15) is 13.2 Å². The fourth-order valence-electron chi connectivity index (χ4n) is 2.44. The van der Waals surface area contributed by atoms with Crippen LogP contribution in [-0.4, -0.2) is 18.2 Å². The van der Waals surface area contributed by atoms with Crippen LogP contribution < -0.4 is 5.32 Å². The highest BCUT2D eigenvalue weighted by Gasteiger charge is 2.34. The maximum atomic E-state index is 12.9. The lowest BCUT2D eigenvalue weighted by atomic mass is 9.89. The van der Waals surface area contributed by atoms with Crippen LogP contribution in [0.5, 0.6) is 5.75 Å². The molecule has 1 aromatic rings. The van der Waals surface area contributed by atoms with Crippen molar-refractivity contribution in [2.45, 2.75) is 25.4 Å². The number of hydrogen-bond donors (Lipinski definition) is 2. The molecule has 0 spiro atoms. The summed E-state index contributed by atoms with van der Waals surface area (Å²) in [7, 11) is 0. The van der Waals surface area contributed by atoms with Gasteiger partial charge in [-0.05, 0) is 50.4 Å². The molecule has 1 fully saturated rings. The van der Waals surface area contributed by atoms with Gasteiger partial charge in [0.25, 0.3) is 0 Å². The number of nitrogens with one attached hydrogen (secondary N) is 1. The summed E-state index contributed by atoms with van der Waals surface area (Å²) in [6.45, 7) is 1.63. The van der Waals surface area contributed by atoms with Crippen LogP contribution >= 0.6 is 0 Å². The quantitative estimate of drug-likeness (QED) is 0.855. The third-order valence-electron chi connectivity index (χ3n) is 3.35. The molecule has 1 atom stereocenters. The van der Waals surface area contributed by atoms with Gasteiger partial charge < -0.3 is 10.4 Å². The van der Waals surface area contributed by atoms with Crippen LogP contribution in [0.15, 0.2) is 18.2 Å². The van der Waals surface area contributed by atoms with Crippen LogP contribution in [0.1, 0.15) is 24.0 Å². The molecule has 18 heavy (non-hydrogen) atoms. The highest BCUT2D eigenvalue weighted by molar-refractivity contribution is 5.41. The van der Waals surface area contributed by atoms with Gasteiger partial charge in [0.05, 0.1) is 5.56 Å². The standard InChI is InChI=1S/C13H16F3NO/c14-13(15,16)11-4-1-5-12(18)10(11)7-9-3-2-6-17-8-9/h1,4-5,9,17-18H,2-3,6-8H2. The molecule has 2 nitrogen and oxygen atoms in total. The minimum atomic E-state index is -4.41. The molecule has 1 saturated heterocycles. The molecular weight excluding hydrogens is 243 g/mol. The van der Waals surface area contributed by atoms with E-state index in [1.54, 1.807) is 0 Å². The average Bonchev–Trinajstić information content (AvgIpc) is 2.32. The number of phenols is 1. The lowest BCUT2D eigenvalue weighted by molar-refractivity contribution is -0.138. The summed E-state index contributed by atoms with van der Waals surface area (Å²) in [6.07, 6.45) is -2.26. The number of benzene rings is 1. The lowest BCUT2D eigenvalue weighted by Gasteiger charge is -2.24. The smallest absolute Gasteiger partial charge is 0.416 e. The van der Waals surface area contributed by atoms with Gasteiger partial charge in [0, 0.05) is 5.56 Å². The molecule has 2 rings (SSSR count). The second kappa shape index (κ2) is 5.18. The molecule has 0 radical (unpaired) electrons. The summed E-state index contributed by atoms with van der Waals surface area (Å²) in [5, 5.41) is 12.8. The first-order valence-electron chi connectivity index (χ1n) is 6.07. The molecule has 1 heterocycles. The first-order valence-corrected chi connectivity index (χ1v) is 6.07. The summed E-state index contributed by atoms with van der Waals surface area (Å²) in [5.41, 5.74) is -0.688. The van der Waals surface area contributed by atoms with E-state index in [-0.39, 0.29) is 23.7 Å². The number of halogens is 3. The van der Waals surface area contributed by atoms with E-state index in [9.17, 15) is 18.3 Å². The Morgan fingerprint density at radius 1 is 1.33 bits per heavy atom. The zero-order chi connectivity index (χ0) is 13.2. The van der Waals surface area contributed by atoms with E-state index in [1.165, 1.54) is 12.1 Å². The van der Waals surface area contributed by atoms with E-state index in [1.807, 2.05) is 0 Å². The third-order valence-corrected chi connectivity index (χ3v) is 3.35. The predicted octanol–water partition coefficient (Wildman–Crippen LogP) is 2.95. The highest BCUT2D eigenvalue weighted by Crippen LogP contribution is 2.37. The predicted molar refractivity (Wildman–Crippen MR) is 62.4 cm³/mol. The van der Waals surface area contributed by atoms with E-state index in [0.717, 1.165) is 25.5 Å². The van der Waals surface area contributed by atoms with E-state index in [0.29, 0.717) is 6.54 Å². The Kier molecular flexibility index (Phi) is 3.80. The molecule has 1 aliphatic rings. The summed E-state index contributed by atoms with van der Waals surface area (Å²) in [6, 6.07) is 3.59. The van der Waals surface area contributed by atoms with Crippen LogP contribution in [0.4, 0.5) is 13.2 Å². The topological polar surface area (TPSA) is 32.3 Å². The number of hydrogen-bond acceptors (Lipinski definition) is 2. The van der Waals surface area contributed by atoms with Gasteiger partial charge in [0.1, 0.15) is 5.75 Å². The highest BCUT2D eigenvalue weighted by atomic mass is 19.4. The fourth-order valence-corrected chi connectivity index (χ4v) is 2.44. The third kappa shape index (κ3) is 2.96. The largest absolute Gasteiger partial charge is 0.508 e. The Hall–Kier alpha value is -1.23. The number of piperidine rings is 1. The molecule has 0 bridgehead atoms. The second-order valence-electron chi connectivity index (χ2n) is 4.72.